The predicted octanol–water partition coefficient (Wildman–Crippen LogP) is 9.86. The summed E-state index contributed by atoms with van der Waals surface area (Å²) in [6, 6.07) is 0. The first-order valence-electron chi connectivity index (χ1n) is 13.3. The van der Waals surface area contributed by atoms with Crippen LogP contribution in [0.1, 0.15) is 82.1 Å². The van der Waals surface area contributed by atoms with Gasteiger partial charge in [0.15, 0.2) is 0 Å². The molecule has 0 bridgehead atoms. The van der Waals surface area contributed by atoms with Gasteiger partial charge >= 0.3 is 0 Å². The van der Waals surface area contributed by atoms with Gasteiger partial charge in [-0.2, -0.15) is 0 Å². The summed E-state index contributed by atoms with van der Waals surface area (Å²) in [4.78, 5) is 0. The van der Waals surface area contributed by atoms with Gasteiger partial charge in [-0.15, -0.1) is 0 Å². The smallest absolute Gasteiger partial charge is 0.00164 e. The quantitative estimate of drug-likeness (QED) is 0.233. The lowest BCUT2D eigenvalue weighted by Gasteiger charge is -2.31. The second-order valence-corrected chi connectivity index (χ2v) is 17.3. The maximum absolute atomic E-state index is 2.55. The van der Waals surface area contributed by atoms with Crippen molar-refractivity contribution in [3.63, 3.8) is 0 Å². The van der Waals surface area contributed by atoms with Gasteiger partial charge in [-0.25, -0.2) is 0 Å². The first kappa shape index (κ1) is 28.1. The minimum Gasteiger partial charge on any atom is -0.0988 e. The zero-order valence-corrected chi connectivity index (χ0v) is 24.7. The molecule has 2 atom stereocenters. The number of rotatable bonds is 13. The molecule has 0 aromatic heterocycles. The van der Waals surface area contributed by atoms with Crippen molar-refractivity contribution in [1.82, 2.24) is 0 Å². The summed E-state index contributed by atoms with van der Waals surface area (Å²) in [5.74, 6) is 3.20. The Morgan fingerprint density at radius 3 is 1.06 bits per heavy atom. The topological polar surface area (TPSA) is 0 Å². The van der Waals surface area contributed by atoms with Crippen molar-refractivity contribution in [2.45, 2.75) is 93.4 Å². The monoisotopic (exact) mass is 474 g/mol. The number of allylic oxidation sites excluding steroid dienone is 8. The van der Waals surface area contributed by atoms with Crippen LogP contribution in [0.5, 0.6) is 0 Å². The van der Waals surface area contributed by atoms with Crippen LogP contribution >= 0.6 is 15.8 Å². The highest BCUT2D eigenvalue weighted by Gasteiger charge is 2.30. The first-order chi connectivity index (χ1) is 15.0. The third-order valence-electron chi connectivity index (χ3n) is 6.69. The average molecular weight is 475 g/mol. The minimum absolute atomic E-state index is 0.0336. The molecule has 0 N–H and O–H groups in total. The van der Waals surface area contributed by atoms with E-state index in [1.807, 2.05) is 0 Å². The van der Waals surface area contributed by atoms with Crippen LogP contribution in [0.4, 0.5) is 0 Å². The lowest BCUT2D eigenvalue weighted by atomic mass is 9.95. The molecule has 0 unspecified atom stereocenters. The molecule has 0 saturated carbocycles. The third kappa shape index (κ3) is 7.95. The molecule has 0 aromatic carbocycles. The average Bonchev–Trinajstić information content (AvgIpc) is 3.33. The Bertz CT molecular complexity index is 635. The van der Waals surface area contributed by atoms with E-state index in [0.29, 0.717) is 0 Å². The second-order valence-electron chi connectivity index (χ2n) is 11.9. The summed E-state index contributed by atoms with van der Waals surface area (Å²) in [6.45, 7) is 24.4. The summed E-state index contributed by atoms with van der Waals surface area (Å²) in [7, 11) is 0.0673. The maximum Gasteiger partial charge on any atom is 0.00164 e. The fraction of sp³-hybridized carbons (Fsp3) is 0.733. The highest BCUT2D eigenvalue weighted by Crippen LogP contribution is 2.53. The molecular formula is C30H52P2. The molecule has 0 fully saturated rings. The third-order valence-corrected chi connectivity index (χ3v) is 14.2. The lowest BCUT2D eigenvalue weighted by Crippen LogP contribution is -2.16. The molecule has 2 heteroatoms. The Kier molecular flexibility index (Phi) is 11.4. The van der Waals surface area contributed by atoms with Gasteiger partial charge in [-0.1, -0.05) is 109 Å². The molecule has 0 saturated heterocycles. The summed E-state index contributed by atoms with van der Waals surface area (Å²) in [6.07, 6.45) is 17.9. The Morgan fingerprint density at radius 1 is 0.531 bits per heavy atom. The van der Waals surface area contributed by atoms with Gasteiger partial charge in [0, 0.05) is 11.3 Å². The van der Waals surface area contributed by atoms with Crippen LogP contribution in [0, 0.1) is 23.7 Å². The van der Waals surface area contributed by atoms with E-state index in [4.69, 9.17) is 0 Å². The minimum atomic E-state index is 0.0336. The van der Waals surface area contributed by atoms with Crippen molar-refractivity contribution in [2.24, 2.45) is 23.7 Å². The standard InChI is InChI=1S/C30H52P2/c1-21(2)17-31(18-22(3)4)25(9)27-13-11-15-29(27)30-16-12-14-28(30)26(10)32(19-23(5)6)20-24(7)8/h11-14,21-26H,15-20H2,1-10H3/t25-,26-/m0/s1. The van der Waals surface area contributed by atoms with E-state index in [2.05, 4.69) is 93.5 Å². The molecule has 2 aliphatic rings. The van der Waals surface area contributed by atoms with Crippen molar-refractivity contribution in [3.8, 4) is 0 Å². The van der Waals surface area contributed by atoms with Crippen LogP contribution in [0.15, 0.2) is 46.6 Å². The summed E-state index contributed by atoms with van der Waals surface area (Å²) >= 11 is 0. The van der Waals surface area contributed by atoms with E-state index in [9.17, 15) is 0 Å². The molecule has 0 radical (unpaired) electrons. The zero-order valence-electron chi connectivity index (χ0n) is 22.9. The summed E-state index contributed by atoms with van der Waals surface area (Å²) in [5.41, 5.74) is 8.24. The van der Waals surface area contributed by atoms with Crippen LogP contribution in [-0.4, -0.2) is 36.0 Å². The van der Waals surface area contributed by atoms with Gasteiger partial charge < -0.3 is 0 Å². The maximum atomic E-state index is 2.55. The van der Waals surface area contributed by atoms with E-state index < -0.39 is 0 Å². The van der Waals surface area contributed by atoms with Crippen molar-refractivity contribution in [2.75, 3.05) is 24.6 Å². The Labute approximate surface area is 204 Å². The van der Waals surface area contributed by atoms with E-state index in [1.165, 1.54) is 24.6 Å². The Morgan fingerprint density at radius 2 is 0.812 bits per heavy atom. The largest absolute Gasteiger partial charge is 0.0988 e. The number of hydrogen-bond acceptors (Lipinski definition) is 0. The van der Waals surface area contributed by atoms with Crippen LogP contribution in [-0.2, 0) is 0 Å². The normalized spacial score (nSPS) is 18.9. The van der Waals surface area contributed by atoms with Gasteiger partial charge in [0.1, 0.15) is 0 Å². The number of hydrogen-bond donors (Lipinski definition) is 0. The van der Waals surface area contributed by atoms with Crippen LogP contribution in [0.3, 0.4) is 0 Å². The SMILES string of the molecule is CC(C)CP(CC(C)C)[C@@H](C)C1=C(C2=C([C@H](C)P(CC(C)C)CC(C)C)C=CC2)CC=C1. The zero-order chi connectivity index (χ0) is 24.0. The van der Waals surface area contributed by atoms with E-state index >= 15 is 0 Å². The van der Waals surface area contributed by atoms with Gasteiger partial charge in [-0.3, -0.25) is 0 Å². The molecule has 0 spiro atoms. The molecule has 2 aliphatic carbocycles. The van der Waals surface area contributed by atoms with Crippen molar-refractivity contribution in [1.29, 1.82) is 0 Å². The van der Waals surface area contributed by atoms with Crippen molar-refractivity contribution < 1.29 is 0 Å². The van der Waals surface area contributed by atoms with E-state index in [-0.39, 0.29) is 15.8 Å². The summed E-state index contributed by atoms with van der Waals surface area (Å²) in [5, 5.41) is 0. The highest BCUT2D eigenvalue weighted by atomic mass is 31.1. The van der Waals surface area contributed by atoms with Crippen LogP contribution in [0.25, 0.3) is 0 Å². The summed E-state index contributed by atoms with van der Waals surface area (Å²) < 4.78 is 0. The van der Waals surface area contributed by atoms with Crippen LogP contribution in [0.2, 0.25) is 0 Å². The fourth-order valence-electron chi connectivity index (χ4n) is 5.47. The van der Waals surface area contributed by atoms with Gasteiger partial charge in [0.25, 0.3) is 0 Å². The molecule has 0 aromatic rings. The van der Waals surface area contributed by atoms with E-state index in [0.717, 1.165) is 47.8 Å². The molecule has 0 aliphatic heterocycles. The molecule has 2 rings (SSSR count). The first-order valence-corrected chi connectivity index (χ1v) is 16.8. The predicted molar refractivity (Wildman–Crippen MR) is 153 cm³/mol. The fourth-order valence-corrected chi connectivity index (χ4v) is 12.1. The molecule has 182 valence electrons. The molecule has 0 amide bonds. The Balaban J connectivity index is 2.39. The highest BCUT2D eigenvalue weighted by molar-refractivity contribution is 7.59. The van der Waals surface area contributed by atoms with Gasteiger partial charge in [0.05, 0.1) is 0 Å². The molecule has 32 heavy (non-hydrogen) atoms. The Hall–Kier alpha value is -0.180. The van der Waals surface area contributed by atoms with E-state index in [1.54, 1.807) is 22.3 Å². The van der Waals surface area contributed by atoms with Crippen molar-refractivity contribution in [3.05, 3.63) is 46.6 Å². The molecular weight excluding hydrogens is 422 g/mol. The van der Waals surface area contributed by atoms with Gasteiger partial charge in [0.2, 0.25) is 0 Å². The molecule has 0 heterocycles. The molecule has 0 nitrogen and oxygen atoms in total. The van der Waals surface area contributed by atoms with Crippen molar-refractivity contribution >= 4 is 15.8 Å². The lowest BCUT2D eigenvalue weighted by molar-refractivity contribution is 0.713. The van der Waals surface area contributed by atoms with Gasteiger partial charge in [-0.05, 0) is 83.5 Å². The van der Waals surface area contributed by atoms with Crippen LogP contribution < -0.4 is 0 Å². The second kappa shape index (κ2) is 13.1.